The lowest BCUT2D eigenvalue weighted by atomic mass is 9.99. The molecule has 1 aromatic carbocycles. The molecule has 0 spiro atoms. The molecular weight excluding hydrogens is 397 g/mol. The van der Waals surface area contributed by atoms with Crippen molar-refractivity contribution >= 4 is 14.2 Å². The first-order chi connectivity index (χ1) is 13.9. The molecule has 168 valence electrons. The predicted octanol–water partition coefficient (Wildman–Crippen LogP) is 5.73. The Morgan fingerprint density at radius 2 is 1.87 bits per heavy atom. The topological polar surface area (TPSA) is 38.8 Å². The summed E-state index contributed by atoms with van der Waals surface area (Å²) in [5, 5.41) is 0.0807. The summed E-state index contributed by atoms with van der Waals surface area (Å²) in [5.74, 6) is 0.275. The molecule has 30 heavy (non-hydrogen) atoms. The third-order valence-electron chi connectivity index (χ3n) is 6.61. The maximum Gasteiger partial charge on any atom is 0.249 e. The Morgan fingerprint density at radius 1 is 1.23 bits per heavy atom. The van der Waals surface area contributed by atoms with Crippen LogP contribution in [0.2, 0.25) is 18.1 Å². The van der Waals surface area contributed by atoms with E-state index in [4.69, 9.17) is 9.16 Å². The zero-order chi connectivity index (χ0) is 22.7. The number of ether oxygens (including phenoxy) is 1. The van der Waals surface area contributed by atoms with Gasteiger partial charge in [-0.25, -0.2) is 4.39 Å². The molecule has 1 aromatic rings. The number of nitrogens with zero attached hydrogens (tertiary/aromatic N) is 1. The summed E-state index contributed by atoms with van der Waals surface area (Å²) in [6.45, 7) is 16.5. The molecule has 1 unspecified atom stereocenters. The number of rotatable bonds is 8. The average molecular weight is 436 g/mol. The molecule has 4 nitrogen and oxygen atoms in total. The van der Waals surface area contributed by atoms with Crippen molar-refractivity contribution in [2.45, 2.75) is 78.1 Å². The van der Waals surface area contributed by atoms with Crippen LogP contribution in [0.15, 0.2) is 29.3 Å². The molecule has 0 N–H and O–H groups in total. The lowest BCUT2D eigenvalue weighted by Gasteiger charge is -2.39. The minimum atomic E-state index is -2.02. The van der Waals surface area contributed by atoms with Gasteiger partial charge in [-0.05, 0) is 62.0 Å². The Hall–Kier alpha value is -1.66. The number of methoxy groups -OCH3 is 1. The van der Waals surface area contributed by atoms with Gasteiger partial charge in [0.25, 0.3) is 0 Å². The Labute approximate surface area is 182 Å². The third kappa shape index (κ3) is 5.33. The summed E-state index contributed by atoms with van der Waals surface area (Å²) in [6.07, 6.45) is 1.97. The van der Waals surface area contributed by atoms with Gasteiger partial charge in [-0.15, -0.1) is 0 Å². The summed E-state index contributed by atoms with van der Waals surface area (Å²) in [7, 11) is -0.470. The number of likely N-dealkylation sites (N-methyl/N-ethyl adjacent to an activating group) is 1. The van der Waals surface area contributed by atoms with Gasteiger partial charge in [0.05, 0.1) is 13.2 Å². The number of carbonyl (C=O) groups is 1. The van der Waals surface area contributed by atoms with Crippen molar-refractivity contribution in [2.24, 2.45) is 0 Å². The first-order valence-electron chi connectivity index (χ1n) is 11.0. The molecular formula is C24H38FNO3Si. The van der Waals surface area contributed by atoms with Crippen LogP contribution < -0.4 is 4.74 Å². The van der Waals surface area contributed by atoms with Crippen LogP contribution in [-0.4, -0.2) is 45.4 Å². The Morgan fingerprint density at radius 3 is 2.40 bits per heavy atom. The van der Waals surface area contributed by atoms with Crippen molar-refractivity contribution in [3.8, 4) is 5.75 Å². The van der Waals surface area contributed by atoms with E-state index in [9.17, 15) is 9.18 Å². The number of amides is 1. The molecule has 0 aliphatic heterocycles. The van der Waals surface area contributed by atoms with Crippen LogP contribution in [0.4, 0.5) is 4.39 Å². The van der Waals surface area contributed by atoms with E-state index in [1.807, 2.05) is 18.7 Å². The highest BCUT2D eigenvalue weighted by atomic mass is 28.4. The molecule has 0 radical (unpaired) electrons. The quantitative estimate of drug-likeness (QED) is 0.490. The first-order valence-corrected chi connectivity index (χ1v) is 13.9. The van der Waals surface area contributed by atoms with Crippen molar-refractivity contribution < 1.29 is 18.3 Å². The smallest absolute Gasteiger partial charge is 0.249 e. The maximum atomic E-state index is 13.7. The average Bonchev–Trinajstić information content (AvgIpc) is 3.04. The van der Waals surface area contributed by atoms with E-state index in [0.29, 0.717) is 31.7 Å². The van der Waals surface area contributed by atoms with Crippen molar-refractivity contribution in [1.29, 1.82) is 0 Å². The van der Waals surface area contributed by atoms with Crippen LogP contribution >= 0.6 is 0 Å². The zero-order valence-electron chi connectivity index (χ0n) is 19.9. The van der Waals surface area contributed by atoms with Crippen LogP contribution in [-0.2, 0) is 15.6 Å². The van der Waals surface area contributed by atoms with E-state index in [0.717, 1.165) is 23.1 Å². The summed E-state index contributed by atoms with van der Waals surface area (Å²) in [5.41, 5.74) is 2.76. The van der Waals surface area contributed by atoms with E-state index >= 15 is 0 Å². The summed E-state index contributed by atoms with van der Waals surface area (Å²) >= 11 is 0. The Balaban J connectivity index is 2.48. The molecule has 0 heterocycles. The highest BCUT2D eigenvalue weighted by Gasteiger charge is 2.42. The van der Waals surface area contributed by atoms with Gasteiger partial charge in [0, 0.05) is 31.1 Å². The largest absolute Gasteiger partial charge is 0.496 e. The van der Waals surface area contributed by atoms with Gasteiger partial charge in [-0.2, -0.15) is 0 Å². The summed E-state index contributed by atoms with van der Waals surface area (Å²) in [6, 6.07) is 4.60. The van der Waals surface area contributed by atoms with E-state index < -0.39 is 8.32 Å². The molecule has 1 aliphatic carbocycles. The lowest BCUT2D eigenvalue weighted by Crippen LogP contribution is -2.44. The van der Waals surface area contributed by atoms with Gasteiger partial charge in [-0.3, -0.25) is 4.79 Å². The molecule has 1 aliphatic rings. The van der Waals surface area contributed by atoms with E-state index in [2.05, 4.69) is 33.9 Å². The fourth-order valence-electron chi connectivity index (χ4n) is 3.70. The predicted molar refractivity (Wildman–Crippen MR) is 123 cm³/mol. The van der Waals surface area contributed by atoms with Crippen molar-refractivity contribution in [1.82, 2.24) is 4.90 Å². The Bertz CT molecular complexity index is 794. The molecule has 1 amide bonds. The van der Waals surface area contributed by atoms with Gasteiger partial charge in [0.2, 0.25) is 5.91 Å². The molecule has 1 atom stereocenters. The molecule has 0 saturated carbocycles. The molecule has 2 rings (SSSR count). The second-order valence-electron chi connectivity index (χ2n) is 9.52. The number of benzene rings is 1. The monoisotopic (exact) mass is 435 g/mol. The molecule has 0 saturated heterocycles. The zero-order valence-corrected chi connectivity index (χ0v) is 20.9. The van der Waals surface area contributed by atoms with Crippen LogP contribution in [0.3, 0.4) is 0 Å². The first kappa shape index (κ1) is 24.6. The highest BCUT2D eigenvalue weighted by Crippen LogP contribution is 2.42. The molecule has 0 bridgehead atoms. The van der Waals surface area contributed by atoms with Crippen LogP contribution in [0, 0.1) is 5.82 Å². The number of hydrogen-bond acceptors (Lipinski definition) is 3. The van der Waals surface area contributed by atoms with Crippen LogP contribution in [0.1, 0.15) is 53.0 Å². The van der Waals surface area contributed by atoms with Gasteiger partial charge < -0.3 is 14.1 Å². The van der Waals surface area contributed by atoms with Crippen molar-refractivity contribution in [2.75, 3.05) is 20.2 Å². The van der Waals surface area contributed by atoms with Gasteiger partial charge in [-0.1, -0.05) is 26.8 Å². The number of halogens is 1. The van der Waals surface area contributed by atoms with Crippen LogP contribution in [0.5, 0.6) is 5.75 Å². The highest BCUT2D eigenvalue weighted by molar-refractivity contribution is 6.74. The van der Waals surface area contributed by atoms with Crippen molar-refractivity contribution in [3.63, 3.8) is 0 Å². The lowest BCUT2D eigenvalue weighted by molar-refractivity contribution is -0.126. The van der Waals surface area contributed by atoms with E-state index in [1.165, 1.54) is 12.1 Å². The van der Waals surface area contributed by atoms with Gasteiger partial charge in [0.1, 0.15) is 11.6 Å². The summed E-state index contributed by atoms with van der Waals surface area (Å²) < 4.78 is 25.9. The van der Waals surface area contributed by atoms with Gasteiger partial charge in [0.15, 0.2) is 8.32 Å². The van der Waals surface area contributed by atoms with E-state index in [1.54, 1.807) is 13.2 Å². The second-order valence-corrected chi connectivity index (χ2v) is 14.3. The second kappa shape index (κ2) is 9.65. The van der Waals surface area contributed by atoms with Gasteiger partial charge >= 0.3 is 0 Å². The molecule has 0 aromatic heterocycles. The van der Waals surface area contributed by atoms with Crippen molar-refractivity contribution in [3.05, 3.63) is 40.7 Å². The fraction of sp³-hybridized carbons (Fsp3) is 0.625. The Kier molecular flexibility index (Phi) is 7.91. The normalized spacial score (nSPS) is 17.4. The number of hydrogen-bond donors (Lipinski definition) is 0. The van der Waals surface area contributed by atoms with E-state index in [-0.39, 0.29) is 22.9 Å². The maximum absolute atomic E-state index is 13.7. The fourth-order valence-corrected chi connectivity index (χ4v) is 5.03. The minimum absolute atomic E-state index is 0.0807. The van der Waals surface area contributed by atoms with Crippen LogP contribution in [0.25, 0.3) is 0 Å². The molecule has 6 heteroatoms. The molecule has 0 fully saturated rings. The third-order valence-corrected chi connectivity index (χ3v) is 11.1. The minimum Gasteiger partial charge on any atom is -0.496 e. The SMILES string of the molecule is CCN(CC)C(=O)C1=C(Cc2ccc(F)cc2OC)C(O[Si](C)(C)C(C)(C)C)CC1. The summed E-state index contributed by atoms with van der Waals surface area (Å²) in [4.78, 5) is 15.1. The standard InChI is InChI=1S/C24H38FNO3Si/c1-9-26(10-2)23(27)19-13-14-21(29-30(7,8)24(3,4)5)20(19)15-17-11-12-18(25)16-22(17)28-6/h11-12,16,21H,9-10,13-15H2,1-8H3. The number of carbonyl (C=O) groups excluding carboxylic acids is 1.